The minimum atomic E-state index is -0.0652. The molecule has 3 heterocycles. The van der Waals surface area contributed by atoms with Crippen LogP contribution in [-0.2, 0) is 6.54 Å². The smallest absolute Gasteiger partial charge is 0.220 e. The highest BCUT2D eigenvalue weighted by atomic mass is 35.5. The van der Waals surface area contributed by atoms with Gasteiger partial charge in [-0.1, -0.05) is 72.8 Å². The van der Waals surface area contributed by atoms with Crippen molar-refractivity contribution in [2.45, 2.75) is 6.54 Å². The van der Waals surface area contributed by atoms with Crippen LogP contribution in [0.5, 0.6) is 5.88 Å². The Bertz CT molecular complexity index is 1610. The summed E-state index contributed by atoms with van der Waals surface area (Å²) in [4.78, 5) is 9.35. The number of halogens is 1. The van der Waals surface area contributed by atoms with Crippen molar-refractivity contribution in [2.24, 2.45) is 5.73 Å². The van der Waals surface area contributed by atoms with Crippen molar-refractivity contribution in [3.63, 3.8) is 0 Å². The summed E-state index contributed by atoms with van der Waals surface area (Å²) in [6, 6.07) is 29.9. The predicted molar refractivity (Wildman–Crippen MR) is 142 cm³/mol. The number of pyridine rings is 2. The lowest BCUT2D eigenvalue weighted by Crippen LogP contribution is -1.97. The van der Waals surface area contributed by atoms with E-state index >= 15 is 0 Å². The zero-order valence-electron chi connectivity index (χ0n) is 18.7. The molecule has 6 aromatic rings. The van der Waals surface area contributed by atoms with Gasteiger partial charge in [0.15, 0.2) is 0 Å². The van der Waals surface area contributed by atoms with E-state index in [-0.39, 0.29) is 18.3 Å². The minimum Gasteiger partial charge on any atom is -0.493 e. The second kappa shape index (κ2) is 9.22. The highest BCUT2D eigenvalue weighted by Crippen LogP contribution is 2.39. The summed E-state index contributed by atoms with van der Waals surface area (Å²) < 4.78 is 6.12. The Balaban J connectivity index is 0.00000253. The third-order valence-electron chi connectivity index (χ3n) is 6.07. The molecule has 3 aromatic heterocycles. The summed E-state index contributed by atoms with van der Waals surface area (Å²) in [7, 11) is 0. The quantitative estimate of drug-likeness (QED) is 0.285. The molecule has 0 radical (unpaired) electrons. The monoisotopic (exact) mass is 479 g/mol. The Hall–Kier alpha value is -4.19. The van der Waals surface area contributed by atoms with Gasteiger partial charge in [0.25, 0.3) is 0 Å². The second-order valence-electron chi connectivity index (χ2n) is 8.19. The molecule has 0 aliphatic heterocycles. The third kappa shape index (κ3) is 4.01. The summed E-state index contributed by atoms with van der Waals surface area (Å²) in [6.45, 7) is 0.479. The number of hydrogen-bond acceptors (Lipinski definition) is 5. The van der Waals surface area contributed by atoms with E-state index in [0.29, 0.717) is 23.2 Å². The van der Waals surface area contributed by atoms with E-state index in [1.54, 1.807) is 6.20 Å². The highest BCUT2D eigenvalue weighted by molar-refractivity contribution is 6.01. The van der Waals surface area contributed by atoms with Gasteiger partial charge in [-0.05, 0) is 29.3 Å². The second-order valence-corrected chi connectivity index (χ2v) is 8.19. The molecule has 0 amide bonds. The lowest BCUT2D eigenvalue weighted by atomic mass is 9.96. The van der Waals surface area contributed by atoms with Gasteiger partial charge in [0.05, 0.1) is 22.2 Å². The first-order valence-corrected chi connectivity index (χ1v) is 11.1. The molecular weight excluding hydrogens is 458 g/mol. The molecule has 172 valence electrons. The summed E-state index contributed by atoms with van der Waals surface area (Å²) in [5.41, 5.74) is 12.7. The van der Waals surface area contributed by atoms with Crippen LogP contribution >= 0.6 is 12.4 Å². The largest absolute Gasteiger partial charge is 0.493 e. The summed E-state index contributed by atoms with van der Waals surface area (Å²) >= 11 is 0. The highest BCUT2D eigenvalue weighted by Gasteiger charge is 2.19. The molecule has 0 saturated heterocycles. The Labute approximate surface area is 208 Å². The Morgan fingerprint density at radius 2 is 1.54 bits per heavy atom. The Kier molecular flexibility index (Phi) is 5.95. The minimum absolute atomic E-state index is 0. The van der Waals surface area contributed by atoms with Crippen LogP contribution in [0.15, 0.2) is 102 Å². The number of fused-ring (bicyclic) bond motifs is 2. The Morgan fingerprint density at radius 1 is 0.800 bits per heavy atom. The van der Waals surface area contributed by atoms with Crippen molar-refractivity contribution in [2.75, 3.05) is 0 Å². The molecule has 6 rings (SSSR count). The maximum Gasteiger partial charge on any atom is 0.220 e. The van der Waals surface area contributed by atoms with Crippen LogP contribution in [0.4, 0.5) is 0 Å². The number of para-hydroxylation sites is 1. The van der Waals surface area contributed by atoms with E-state index in [0.717, 1.165) is 44.5 Å². The van der Waals surface area contributed by atoms with Crippen LogP contribution in [0, 0.1) is 0 Å². The molecular formula is C29H22ClN3O2. The lowest BCUT2D eigenvalue weighted by Gasteiger charge is -2.14. The van der Waals surface area contributed by atoms with Crippen LogP contribution in [0.1, 0.15) is 5.56 Å². The van der Waals surface area contributed by atoms with Crippen LogP contribution in [0.25, 0.3) is 55.6 Å². The van der Waals surface area contributed by atoms with Crippen molar-refractivity contribution < 1.29 is 9.52 Å². The van der Waals surface area contributed by atoms with Crippen LogP contribution in [-0.4, -0.2) is 15.1 Å². The summed E-state index contributed by atoms with van der Waals surface area (Å²) in [5, 5.41) is 12.3. The molecule has 5 nitrogen and oxygen atoms in total. The number of aromatic hydroxyl groups is 1. The van der Waals surface area contributed by atoms with Gasteiger partial charge in [-0.2, -0.15) is 0 Å². The van der Waals surface area contributed by atoms with Crippen molar-refractivity contribution in [1.82, 2.24) is 9.97 Å². The van der Waals surface area contributed by atoms with Gasteiger partial charge in [-0.25, -0.2) is 9.97 Å². The first kappa shape index (κ1) is 22.6. The molecule has 0 aliphatic rings. The normalized spacial score (nSPS) is 11.0. The van der Waals surface area contributed by atoms with Crippen molar-refractivity contribution in [1.29, 1.82) is 0 Å². The van der Waals surface area contributed by atoms with E-state index in [1.807, 2.05) is 91.0 Å². The SMILES string of the molecule is Cl.NCc1ccc(-c2nc3c(-c4cc5ccccc5o4)cnc(O)c3cc2-c2ccccc2)cc1. The maximum atomic E-state index is 10.7. The predicted octanol–water partition coefficient (Wildman–Crippen LogP) is 6.96. The maximum absolute atomic E-state index is 10.7. The van der Waals surface area contributed by atoms with E-state index in [4.69, 9.17) is 15.1 Å². The van der Waals surface area contributed by atoms with Gasteiger partial charge in [0.2, 0.25) is 5.88 Å². The molecule has 0 fully saturated rings. The number of rotatable bonds is 4. The topological polar surface area (TPSA) is 85.2 Å². The fourth-order valence-corrected chi connectivity index (χ4v) is 4.30. The van der Waals surface area contributed by atoms with Crippen LogP contribution < -0.4 is 5.73 Å². The van der Waals surface area contributed by atoms with E-state index in [2.05, 4.69) is 4.98 Å². The molecule has 0 unspecified atom stereocenters. The third-order valence-corrected chi connectivity index (χ3v) is 6.07. The number of hydrogen-bond donors (Lipinski definition) is 2. The van der Waals surface area contributed by atoms with E-state index in [1.165, 1.54) is 0 Å². The van der Waals surface area contributed by atoms with Gasteiger partial charge in [-0.3, -0.25) is 0 Å². The molecule has 0 saturated carbocycles. The summed E-state index contributed by atoms with van der Waals surface area (Å²) in [5.74, 6) is 0.590. The van der Waals surface area contributed by atoms with Crippen LogP contribution in [0.2, 0.25) is 0 Å². The van der Waals surface area contributed by atoms with E-state index in [9.17, 15) is 5.11 Å². The van der Waals surface area contributed by atoms with Gasteiger partial charge >= 0.3 is 0 Å². The molecule has 6 heteroatoms. The molecule has 0 aliphatic carbocycles. The molecule has 0 bridgehead atoms. The first-order valence-electron chi connectivity index (χ1n) is 11.1. The average Bonchev–Trinajstić information content (AvgIpc) is 3.33. The summed E-state index contributed by atoms with van der Waals surface area (Å²) in [6.07, 6.45) is 1.62. The van der Waals surface area contributed by atoms with Gasteiger partial charge in [0, 0.05) is 29.3 Å². The molecule has 35 heavy (non-hydrogen) atoms. The van der Waals surface area contributed by atoms with Gasteiger partial charge in [0.1, 0.15) is 11.3 Å². The van der Waals surface area contributed by atoms with Gasteiger partial charge < -0.3 is 15.3 Å². The number of nitrogens with zero attached hydrogens (tertiary/aromatic N) is 2. The average molecular weight is 480 g/mol. The lowest BCUT2D eigenvalue weighted by molar-refractivity contribution is 0.460. The number of aromatic nitrogens is 2. The fraction of sp³-hybridized carbons (Fsp3) is 0.0345. The number of nitrogens with two attached hydrogens (primary N) is 1. The molecule has 0 spiro atoms. The van der Waals surface area contributed by atoms with Crippen LogP contribution in [0.3, 0.4) is 0 Å². The fourth-order valence-electron chi connectivity index (χ4n) is 4.30. The molecule has 3 aromatic carbocycles. The van der Waals surface area contributed by atoms with Crippen molar-refractivity contribution >= 4 is 34.3 Å². The zero-order valence-corrected chi connectivity index (χ0v) is 19.5. The zero-order chi connectivity index (χ0) is 23.1. The molecule has 0 atom stereocenters. The van der Waals surface area contributed by atoms with Crippen molar-refractivity contribution in [3.05, 3.63) is 103 Å². The number of benzene rings is 3. The van der Waals surface area contributed by atoms with Crippen molar-refractivity contribution in [3.8, 4) is 39.6 Å². The standard InChI is InChI=1S/C29H21N3O2.ClH/c30-16-18-10-12-20(13-11-18)27-22(19-6-2-1-3-7-19)15-23-28(32-27)24(17-31-29(23)33)26-14-21-8-4-5-9-25(21)34-26;/h1-15,17H,16,30H2,(H,31,33);1H. The number of furan rings is 1. The van der Waals surface area contributed by atoms with E-state index < -0.39 is 0 Å². The van der Waals surface area contributed by atoms with Gasteiger partial charge in [-0.15, -0.1) is 12.4 Å². The molecule has 3 N–H and O–H groups in total. The first-order chi connectivity index (χ1) is 16.7. The Morgan fingerprint density at radius 3 is 2.29 bits per heavy atom.